The molecular weight excluding hydrogens is 306 g/mol. The molecule has 3 rings (SSSR count). The van der Waals surface area contributed by atoms with Crippen LogP contribution in [0.25, 0.3) is 0 Å². The fraction of sp³-hybridized carbons (Fsp3) is 0.333. The van der Waals surface area contributed by atoms with E-state index in [1.807, 2.05) is 17.4 Å². The first-order chi connectivity index (χ1) is 11.2. The molecular formula is C18H19N3OS. The summed E-state index contributed by atoms with van der Waals surface area (Å²) >= 11 is 1.81. The summed E-state index contributed by atoms with van der Waals surface area (Å²) < 4.78 is 0. The van der Waals surface area contributed by atoms with Gasteiger partial charge in [-0.05, 0) is 42.0 Å². The van der Waals surface area contributed by atoms with Gasteiger partial charge in [-0.25, -0.2) is 0 Å². The Morgan fingerprint density at radius 2 is 2.26 bits per heavy atom. The van der Waals surface area contributed by atoms with Crippen molar-refractivity contribution >= 4 is 22.9 Å². The lowest BCUT2D eigenvalue weighted by Gasteiger charge is -2.34. The largest absolute Gasteiger partial charge is 0.324 e. The Hall–Kier alpha value is -2.16. The number of amides is 1. The van der Waals surface area contributed by atoms with E-state index < -0.39 is 0 Å². The van der Waals surface area contributed by atoms with Gasteiger partial charge in [-0.15, -0.1) is 11.3 Å². The summed E-state index contributed by atoms with van der Waals surface area (Å²) in [5.41, 5.74) is 2.45. The Morgan fingerprint density at radius 1 is 1.43 bits per heavy atom. The Bertz CT molecular complexity index is 747. The van der Waals surface area contributed by atoms with Gasteiger partial charge in [0.25, 0.3) is 0 Å². The molecule has 0 saturated carbocycles. The number of carbonyl (C=O) groups is 1. The van der Waals surface area contributed by atoms with Crippen molar-refractivity contribution in [2.24, 2.45) is 0 Å². The highest BCUT2D eigenvalue weighted by Gasteiger charge is 2.28. The molecule has 4 nitrogen and oxygen atoms in total. The minimum absolute atomic E-state index is 0.0650. The fourth-order valence-corrected chi connectivity index (χ4v) is 4.11. The van der Waals surface area contributed by atoms with Crippen LogP contribution in [0.3, 0.4) is 0 Å². The van der Waals surface area contributed by atoms with Gasteiger partial charge in [-0.3, -0.25) is 9.69 Å². The normalized spacial score (nSPS) is 17.3. The maximum absolute atomic E-state index is 12.4. The van der Waals surface area contributed by atoms with E-state index in [0.29, 0.717) is 23.8 Å². The molecule has 1 aromatic heterocycles. The van der Waals surface area contributed by atoms with Crippen molar-refractivity contribution in [2.45, 2.75) is 25.8 Å². The summed E-state index contributed by atoms with van der Waals surface area (Å²) in [7, 11) is 0. The molecule has 0 bridgehead atoms. The molecule has 2 heterocycles. The van der Waals surface area contributed by atoms with Crippen LogP contribution in [-0.4, -0.2) is 23.9 Å². The zero-order chi connectivity index (χ0) is 16.2. The van der Waals surface area contributed by atoms with E-state index in [2.05, 4.69) is 34.7 Å². The number of benzene rings is 1. The minimum Gasteiger partial charge on any atom is -0.324 e. The molecule has 5 heteroatoms. The second-order valence-electron chi connectivity index (χ2n) is 5.65. The first-order valence-electron chi connectivity index (χ1n) is 7.82. The summed E-state index contributed by atoms with van der Waals surface area (Å²) in [4.78, 5) is 16.1. The quantitative estimate of drug-likeness (QED) is 0.935. The number of carbonyl (C=O) groups excluding carboxylic acids is 1. The molecule has 2 aromatic rings. The molecule has 0 radical (unpaired) electrons. The highest BCUT2D eigenvalue weighted by atomic mass is 32.1. The molecule has 0 spiro atoms. The van der Waals surface area contributed by atoms with Crippen LogP contribution < -0.4 is 5.32 Å². The van der Waals surface area contributed by atoms with Crippen LogP contribution in [0.15, 0.2) is 35.7 Å². The van der Waals surface area contributed by atoms with Gasteiger partial charge in [0, 0.05) is 17.5 Å². The molecule has 1 N–H and O–H groups in total. The smallest absolute Gasteiger partial charge is 0.238 e. The summed E-state index contributed by atoms with van der Waals surface area (Å²) in [6.07, 6.45) is 2.00. The topological polar surface area (TPSA) is 56.1 Å². The number of para-hydroxylation sites is 1. The van der Waals surface area contributed by atoms with E-state index in [-0.39, 0.29) is 5.91 Å². The summed E-state index contributed by atoms with van der Waals surface area (Å²) in [5.74, 6) is -0.0650. The average molecular weight is 325 g/mol. The van der Waals surface area contributed by atoms with Crippen molar-refractivity contribution in [1.29, 1.82) is 5.26 Å². The lowest BCUT2D eigenvalue weighted by Crippen LogP contribution is -2.40. The molecule has 1 unspecified atom stereocenters. The third-order valence-electron chi connectivity index (χ3n) is 4.26. The minimum atomic E-state index is -0.0650. The van der Waals surface area contributed by atoms with Crippen molar-refractivity contribution in [3.05, 3.63) is 51.7 Å². The van der Waals surface area contributed by atoms with E-state index in [0.717, 1.165) is 19.4 Å². The number of anilines is 1. The van der Waals surface area contributed by atoms with E-state index in [1.54, 1.807) is 18.2 Å². The number of nitrogens with zero attached hydrogens (tertiary/aromatic N) is 2. The number of nitrogens with one attached hydrogen (secondary N) is 1. The SMILES string of the molecule is CCC1c2ccsc2CCN1CC(=O)Nc1ccccc1C#N. The first kappa shape index (κ1) is 15.7. The average Bonchev–Trinajstić information content (AvgIpc) is 3.03. The zero-order valence-corrected chi connectivity index (χ0v) is 13.9. The molecule has 0 saturated heterocycles. The van der Waals surface area contributed by atoms with E-state index in [1.165, 1.54) is 10.4 Å². The van der Waals surface area contributed by atoms with Gasteiger partial charge in [0.05, 0.1) is 17.8 Å². The Balaban J connectivity index is 1.70. The number of nitriles is 1. The molecule has 1 aromatic carbocycles. The van der Waals surface area contributed by atoms with Crippen LogP contribution in [0.1, 0.15) is 35.4 Å². The highest BCUT2D eigenvalue weighted by Crippen LogP contribution is 2.34. The maximum Gasteiger partial charge on any atom is 0.238 e. The molecule has 118 valence electrons. The molecule has 1 aliphatic rings. The second-order valence-corrected chi connectivity index (χ2v) is 6.65. The van der Waals surface area contributed by atoms with Crippen molar-refractivity contribution < 1.29 is 4.79 Å². The van der Waals surface area contributed by atoms with Crippen LogP contribution in [0.4, 0.5) is 5.69 Å². The van der Waals surface area contributed by atoms with Crippen LogP contribution >= 0.6 is 11.3 Å². The Labute approximate surface area is 140 Å². The Morgan fingerprint density at radius 3 is 3.04 bits per heavy atom. The van der Waals surface area contributed by atoms with Gasteiger partial charge >= 0.3 is 0 Å². The van der Waals surface area contributed by atoms with Crippen LogP contribution in [0.5, 0.6) is 0 Å². The number of hydrogen-bond donors (Lipinski definition) is 1. The fourth-order valence-electron chi connectivity index (χ4n) is 3.18. The lowest BCUT2D eigenvalue weighted by atomic mass is 9.98. The zero-order valence-electron chi connectivity index (χ0n) is 13.1. The number of fused-ring (bicyclic) bond motifs is 1. The van der Waals surface area contributed by atoms with Crippen LogP contribution in [0, 0.1) is 11.3 Å². The van der Waals surface area contributed by atoms with Gasteiger partial charge in [0.1, 0.15) is 6.07 Å². The third-order valence-corrected chi connectivity index (χ3v) is 5.26. The van der Waals surface area contributed by atoms with Gasteiger partial charge in [0.15, 0.2) is 0 Å². The molecule has 1 amide bonds. The number of thiophene rings is 1. The van der Waals surface area contributed by atoms with Gasteiger partial charge < -0.3 is 5.32 Å². The molecule has 0 aliphatic carbocycles. The summed E-state index contributed by atoms with van der Waals surface area (Å²) in [6.45, 7) is 3.42. The molecule has 1 atom stereocenters. The second kappa shape index (κ2) is 6.95. The van der Waals surface area contributed by atoms with E-state index in [9.17, 15) is 4.79 Å². The van der Waals surface area contributed by atoms with Crippen molar-refractivity contribution in [1.82, 2.24) is 4.90 Å². The Kier molecular flexibility index (Phi) is 4.75. The van der Waals surface area contributed by atoms with Gasteiger partial charge in [-0.2, -0.15) is 5.26 Å². The van der Waals surface area contributed by atoms with Crippen molar-refractivity contribution in [3.63, 3.8) is 0 Å². The van der Waals surface area contributed by atoms with Crippen molar-refractivity contribution in [2.75, 3.05) is 18.4 Å². The first-order valence-corrected chi connectivity index (χ1v) is 8.70. The molecule has 1 aliphatic heterocycles. The van der Waals surface area contributed by atoms with Crippen LogP contribution in [-0.2, 0) is 11.2 Å². The maximum atomic E-state index is 12.4. The lowest BCUT2D eigenvalue weighted by molar-refractivity contribution is -0.118. The number of rotatable bonds is 4. The predicted molar refractivity (Wildman–Crippen MR) is 92.4 cm³/mol. The summed E-state index contributed by atoms with van der Waals surface area (Å²) in [6, 6.07) is 11.7. The predicted octanol–water partition coefficient (Wildman–Crippen LogP) is 3.57. The van der Waals surface area contributed by atoms with E-state index in [4.69, 9.17) is 5.26 Å². The summed E-state index contributed by atoms with van der Waals surface area (Å²) in [5, 5.41) is 14.1. The third kappa shape index (κ3) is 3.29. The highest BCUT2D eigenvalue weighted by molar-refractivity contribution is 7.10. The molecule has 23 heavy (non-hydrogen) atoms. The van der Waals surface area contributed by atoms with E-state index >= 15 is 0 Å². The van der Waals surface area contributed by atoms with Gasteiger partial charge in [-0.1, -0.05) is 19.1 Å². The molecule has 0 fully saturated rings. The van der Waals surface area contributed by atoms with Crippen molar-refractivity contribution in [3.8, 4) is 6.07 Å². The van der Waals surface area contributed by atoms with Gasteiger partial charge in [0.2, 0.25) is 5.91 Å². The standard InChI is InChI=1S/C18H19N3OS/c1-2-16-14-8-10-23-17(14)7-9-21(16)12-18(22)20-15-6-4-3-5-13(15)11-19/h3-6,8,10,16H,2,7,9,12H2,1H3,(H,20,22). The monoisotopic (exact) mass is 325 g/mol. The number of hydrogen-bond acceptors (Lipinski definition) is 4. The van der Waals surface area contributed by atoms with Crippen LogP contribution in [0.2, 0.25) is 0 Å².